The van der Waals surface area contributed by atoms with Crippen molar-refractivity contribution in [3.8, 4) is 0 Å². The van der Waals surface area contributed by atoms with Gasteiger partial charge in [0.05, 0.1) is 11.1 Å². The standard InChI is InChI=1S/C24H29ClN4OS/c1-17-21-20(15-31-17)26-16-27-22(21)28-10-12-29(13-11-28)23(30)24(8-3-2-4-9-24)18-6-5-7-19(25)14-18/h5-7,14,16-17H,2-4,8-13,15H2,1H3. The number of amides is 1. The monoisotopic (exact) mass is 456 g/mol. The molecule has 5 nitrogen and oxygen atoms in total. The third-order valence-corrected chi connectivity index (χ3v) is 8.59. The van der Waals surface area contributed by atoms with Crippen LogP contribution in [0.2, 0.25) is 5.02 Å². The van der Waals surface area contributed by atoms with E-state index in [-0.39, 0.29) is 5.91 Å². The fourth-order valence-corrected chi connectivity index (χ4v) is 6.72. The number of carbonyl (C=O) groups is 1. The minimum Gasteiger partial charge on any atom is -0.353 e. The molecule has 2 aliphatic heterocycles. The van der Waals surface area contributed by atoms with Gasteiger partial charge in [-0.05, 0) is 37.5 Å². The molecule has 3 aliphatic rings. The van der Waals surface area contributed by atoms with Crippen LogP contribution in [-0.4, -0.2) is 47.0 Å². The molecule has 0 radical (unpaired) electrons. The Morgan fingerprint density at radius 3 is 2.65 bits per heavy atom. The van der Waals surface area contributed by atoms with Crippen LogP contribution >= 0.6 is 23.4 Å². The number of benzene rings is 1. The average Bonchev–Trinajstić information content (AvgIpc) is 3.20. The fourth-order valence-electron chi connectivity index (χ4n) is 5.48. The molecule has 1 unspecified atom stereocenters. The second kappa shape index (κ2) is 8.62. The van der Waals surface area contributed by atoms with Gasteiger partial charge in [-0.15, -0.1) is 11.8 Å². The number of fused-ring (bicyclic) bond motifs is 1. The molecule has 1 saturated heterocycles. The lowest BCUT2D eigenvalue weighted by Gasteiger charge is -2.43. The maximum atomic E-state index is 13.9. The highest BCUT2D eigenvalue weighted by atomic mass is 35.5. The maximum absolute atomic E-state index is 13.9. The van der Waals surface area contributed by atoms with E-state index in [2.05, 4.69) is 32.8 Å². The molecule has 164 valence electrons. The van der Waals surface area contributed by atoms with Gasteiger partial charge in [-0.25, -0.2) is 9.97 Å². The highest BCUT2D eigenvalue weighted by molar-refractivity contribution is 7.99. The molecule has 7 heteroatoms. The highest BCUT2D eigenvalue weighted by Crippen LogP contribution is 2.45. The SMILES string of the molecule is CC1SCc2ncnc(N3CCN(C(=O)C4(c5cccc(Cl)c5)CCCCC4)CC3)c21. The first kappa shape index (κ1) is 21.1. The lowest BCUT2D eigenvalue weighted by Crippen LogP contribution is -2.55. The van der Waals surface area contributed by atoms with E-state index in [0.29, 0.717) is 10.3 Å². The van der Waals surface area contributed by atoms with E-state index in [1.54, 1.807) is 6.33 Å². The van der Waals surface area contributed by atoms with Gasteiger partial charge in [0.2, 0.25) is 5.91 Å². The molecule has 31 heavy (non-hydrogen) atoms. The number of nitrogens with zero attached hydrogens (tertiary/aromatic N) is 4. The number of carbonyl (C=O) groups excluding carboxylic acids is 1. The predicted octanol–water partition coefficient (Wildman–Crippen LogP) is 4.99. The first-order chi connectivity index (χ1) is 15.1. The minimum atomic E-state index is -0.424. The number of thioether (sulfide) groups is 1. The van der Waals surface area contributed by atoms with Crippen molar-refractivity contribution in [2.24, 2.45) is 0 Å². The molecule has 2 fully saturated rings. The summed E-state index contributed by atoms with van der Waals surface area (Å²) < 4.78 is 0. The Kier molecular flexibility index (Phi) is 5.86. The van der Waals surface area contributed by atoms with Crippen LogP contribution in [0.5, 0.6) is 0 Å². The number of piperazine rings is 1. The van der Waals surface area contributed by atoms with Crippen molar-refractivity contribution in [3.05, 3.63) is 52.4 Å². The Morgan fingerprint density at radius 2 is 1.90 bits per heavy atom. The normalized spacial score (nSPS) is 23.0. The molecule has 0 spiro atoms. The van der Waals surface area contributed by atoms with Gasteiger partial charge in [-0.1, -0.05) is 43.0 Å². The summed E-state index contributed by atoms with van der Waals surface area (Å²) in [6, 6.07) is 7.97. The first-order valence-electron chi connectivity index (χ1n) is 11.3. The Labute approximate surface area is 193 Å². The van der Waals surface area contributed by atoms with Gasteiger partial charge in [0.25, 0.3) is 0 Å². The summed E-state index contributed by atoms with van der Waals surface area (Å²) in [6.45, 7) is 5.35. The third kappa shape index (κ3) is 3.82. The second-order valence-corrected chi connectivity index (χ2v) is 10.7. The average molecular weight is 457 g/mol. The molecular weight excluding hydrogens is 428 g/mol. The molecule has 1 aliphatic carbocycles. The number of anilines is 1. The minimum absolute atomic E-state index is 0.283. The van der Waals surface area contributed by atoms with E-state index in [1.165, 1.54) is 17.7 Å². The van der Waals surface area contributed by atoms with Crippen LogP contribution in [0, 0.1) is 0 Å². The molecular formula is C24H29ClN4OS. The summed E-state index contributed by atoms with van der Waals surface area (Å²) in [4.78, 5) is 27.5. The van der Waals surface area contributed by atoms with Crippen molar-refractivity contribution in [3.63, 3.8) is 0 Å². The number of rotatable bonds is 3. The van der Waals surface area contributed by atoms with Crippen LogP contribution in [-0.2, 0) is 16.0 Å². The van der Waals surface area contributed by atoms with Crippen LogP contribution in [0.4, 0.5) is 5.82 Å². The largest absolute Gasteiger partial charge is 0.353 e. The van der Waals surface area contributed by atoms with Gasteiger partial charge in [0, 0.05) is 47.8 Å². The van der Waals surface area contributed by atoms with Gasteiger partial charge in [0.1, 0.15) is 12.1 Å². The quantitative estimate of drug-likeness (QED) is 0.651. The summed E-state index contributed by atoms with van der Waals surface area (Å²) in [7, 11) is 0. The predicted molar refractivity (Wildman–Crippen MR) is 127 cm³/mol. The van der Waals surface area contributed by atoms with E-state index in [1.807, 2.05) is 30.0 Å². The Bertz CT molecular complexity index is 970. The highest BCUT2D eigenvalue weighted by Gasteiger charge is 2.44. The molecule has 0 N–H and O–H groups in total. The van der Waals surface area contributed by atoms with Crippen molar-refractivity contribution >= 4 is 35.1 Å². The lowest BCUT2D eigenvalue weighted by molar-refractivity contribution is -0.139. The summed E-state index contributed by atoms with van der Waals surface area (Å²) in [5, 5.41) is 1.14. The molecule has 1 atom stereocenters. The van der Waals surface area contributed by atoms with Gasteiger partial charge < -0.3 is 9.80 Å². The molecule has 1 amide bonds. The number of hydrogen-bond donors (Lipinski definition) is 0. The number of aromatic nitrogens is 2. The number of halogens is 1. The summed E-state index contributed by atoms with van der Waals surface area (Å²) in [5.41, 5.74) is 3.12. The van der Waals surface area contributed by atoms with Crippen LogP contribution in [0.3, 0.4) is 0 Å². The summed E-state index contributed by atoms with van der Waals surface area (Å²) in [6.07, 6.45) is 6.93. The molecule has 1 aromatic carbocycles. The molecule has 2 aromatic rings. The van der Waals surface area contributed by atoms with Crippen LogP contribution in [0.15, 0.2) is 30.6 Å². The van der Waals surface area contributed by atoms with E-state index < -0.39 is 5.41 Å². The Morgan fingerprint density at radius 1 is 1.13 bits per heavy atom. The van der Waals surface area contributed by atoms with Crippen molar-refractivity contribution in [1.29, 1.82) is 0 Å². The zero-order valence-electron chi connectivity index (χ0n) is 18.0. The maximum Gasteiger partial charge on any atom is 0.233 e. The molecule has 3 heterocycles. The summed E-state index contributed by atoms with van der Waals surface area (Å²) in [5.74, 6) is 2.31. The van der Waals surface area contributed by atoms with E-state index in [4.69, 9.17) is 11.6 Å². The Balaban J connectivity index is 1.35. The topological polar surface area (TPSA) is 49.3 Å². The van der Waals surface area contributed by atoms with E-state index in [0.717, 1.165) is 69.0 Å². The summed E-state index contributed by atoms with van der Waals surface area (Å²) >= 11 is 8.24. The van der Waals surface area contributed by atoms with E-state index >= 15 is 0 Å². The van der Waals surface area contributed by atoms with Gasteiger partial charge in [0.15, 0.2) is 0 Å². The van der Waals surface area contributed by atoms with Crippen molar-refractivity contribution in [2.75, 3.05) is 31.1 Å². The van der Waals surface area contributed by atoms with Crippen LogP contribution in [0.25, 0.3) is 0 Å². The van der Waals surface area contributed by atoms with Gasteiger partial charge in [-0.3, -0.25) is 4.79 Å². The zero-order valence-corrected chi connectivity index (χ0v) is 19.6. The van der Waals surface area contributed by atoms with Gasteiger partial charge >= 0.3 is 0 Å². The lowest BCUT2D eigenvalue weighted by atomic mass is 9.68. The van der Waals surface area contributed by atoms with Crippen molar-refractivity contribution in [2.45, 2.75) is 55.4 Å². The van der Waals surface area contributed by atoms with E-state index in [9.17, 15) is 4.79 Å². The molecule has 1 aromatic heterocycles. The fraction of sp³-hybridized carbons (Fsp3) is 0.542. The van der Waals surface area contributed by atoms with Crippen LogP contribution < -0.4 is 4.90 Å². The first-order valence-corrected chi connectivity index (χ1v) is 12.8. The smallest absolute Gasteiger partial charge is 0.233 e. The zero-order chi connectivity index (χ0) is 21.4. The Hall–Kier alpha value is -1.79. The second-order valence-electron chi connectivity index (χ2n) is 8.94. The van der Waals surface area contributed by atoms with Crippen molar-refractivity contribution < 1.29 is 4.79 Å². The van der Waals surface area contributed by atoms with Gasteiger partial charge in [-0.2, -0.15) is 0 Å². The molecule has 5 rings (SSSR count). The molecule has 0 bridgehead atoms. The number of hydrogen-bond acceptors (Lipinski definition) is 5. The molecule has 1 saturated carbocycles. The van der Waals surface area contributed by atoms with Crippen LogP contribution in [0.1, 0.15) is 61.1 Å². The third-order valence-electron chi connectivity index (χ3n) is 7.18. The van der Waals surface area contributed by atoms with Crippen molar-refractivity contribution in [1.82, 2.24) is 14.9 Å².